The number of nitrogens with zero attached hydrogens (tertiary/aromatic N) is 1. The number of hydrogen-bond donors (Lipinski definition) is 1. The van der Waals surface area contributed by atoms with Crippen LogP contribution in [0, 0.1) is 0 Å². The van der Waals surface area contributed by atoms with Crippen LogP contribution in [0.5, 0.6) is 0 Å². The Kier molecular flexibility index (Phi) is 7.69. The predicted octanol–water partition coefficient (Wildman–Crippen LogP) is 4.37. The highest BCUT2D eigenvalue weighted by molar-refractivity contribution is 7.88. The van der Waals surface area contributed by atoms with Crippen LogP contribution in [0.15, 0.2) is 54.6 Å². The number of alkyl halides is 3. The molecule has 33 heavy (non-hydrogen) atoms. The maximum absolute atomic E-state index is 12.9. The smallest absolute Gasteiger partial charge is 0.425 e. The Balaban J connectivity index is 1.89. The molecule has 2 aromatic carbocycles. The van der Waals surface area contributed by atoms with Gasteiger partial charge in [0.1, 0.15) is 0 Å². The zero-order chi connectivity index (χ0) is 24.2. The lowest BCUT2D eigenvalue weighted by molar-refractivity contribution is -0.200. The van der Waals surface area contributed by atoms with Gasteiger partial charge in [-0.15, -0.1) is 0 Å². The molecule has 1 fully saturated rings. The van der Waals surface area contributed by atoms with Gasteiger partial charge in [0.15, 0.2) is 6.10 Å². The molecule has 3 rings (SSSR count). The molecule has 1 N–H and O–H groups in total. The molecule has 0 radical (unpaired) electrons. The summed E-state index contributed by atoms with van der Waals surface area (Å²) in [5.41, 5.74) is 2.76. The maximum Gasteiger partial charge on any atom is 0.425 e. The van der Waals surface area contributed by atoms with Crippen LogP contribution in [-0.2, 0) is 21.2 Å². The summed E-state index contributed by atoms with van der Waals surface area (Å²) in [6.45, 7) is 0.945. The SMILES string of the molecule is CC(OC(=O)N1CCC[C@@H](NS(C)(=O)=O)[C@H]1Cc1cccc(-c2ccccc2)c1)C(F)(F)F. The number of carbonyl (C=O) groups is 1. The Morgan fingerprint density at radius 1 is 1.15 bits per heavy atom. The van der Waals surface area contributed by atoms with Crippen molar-refractivity contribution in [1.29, 1.82) is 0 Å². The minimum atomic E-state index is -4.69. The Bertz CT molecular complexity index is 1060. The van der Waals surface area contributed by atoms with Gasteiger partial charge in [-0.2, -0.15) is 13.2 Å². The van der Waals surface area contributed by atoms with E-state index in [1.54, 1.807) is 0 Å². The summed E-state index contributed by atoms with van der Waals surface area (Å²) in [5.74, 6) is 0. The summed E-state index contributed by atoms with van der Waals surface area (Å²) < 4.78 is 69.9. The van der Waals surface area contributed by atoms with Crippen LogP contribution < -0.4 is 4.72 Å². The highest BCUT2D eigenvalue weighted by Crippen LogP contribution is 2.28. The first-order valence-corrected chi connectivity index (χ1v) is 12.5. The molecule has 10 heteroatoms. The number of hydrogen-bond acceptors (Lipinski definition) is 4. The van der Waals surface area contributed by atoms with Crippen molar-refractivity contribution in [3.05, 3.63) is 60.2 Å². The van der Waals surface area contributed by atoms with Crippen molar-refractivity contribution in [3.63, 3.8) is 0 Å². The minimum Gasteiger partial charge on any atom is -0.437 e. The standard InChI is InChI=1S/C23H27F3N2O4S/c1-16(23(24,25)26)32-22(29)28-13-7-12-20(27-33(2,30)31)21(28)15-17-8-6-11-19(14-17)18-9-4-3-5-10-18/h3-6,8-11,14,16,20-21,27H,7,12-13,15H2,1-2H3/t16?,20-,21-/m1/s1. The lowest BCUT2D eigenvalue weighted by Gasteiger charge is -2.41. The van der Waals surface area contributed by atoms with Gasteiger partial charge in [-0.25, -0.2) is 17.9 Å². The molecule has 6 nitrogen and oxygen atoms in total. The minimum absolute atomic E-state index is 0.175. The maximum atomic E-state index is 12.9. The zero-order valence-corrected chi connectivity index (χ0v) is 19.2. The number of nitrogens with one attached hydrogen (secondary N) is 1. The van der Waals surface area contributed by atoms with Gasteiger partial charge in [-0.05, 0) is 42.9 Å². The van der Waals surface area contributed by atoms with Gasteiger partial charge in [-0.1, -0.05) is 54.6 Å². The topological polar surface area (TPSA) is 75.7 Å². The molecule has 0 spiro atoms. The summed E-state index contributed by atoms with van der Waals surface area (Å²) >= 11 is 0. The largest absolute Gasteiger partial charge is 0.437 e. The van der Waals surface area contributed by atoms with E-state index in [4.69, 9.17) is 0 Å². The first-order chi connectivity index (χ1) is 15.4. The Morgan fingerprint density at radius 3 is 2.45 bits per heavy atom. The quantitative estimate of drug-likeness (QED) is 0.661. The van der Waals surface area contributed by atoms with Crippen molar-refractivity contribution in [2.45, 2.75) is 50.6 Å². The Labute approximate surface area is 191 Å². The van der Waals surface area contributed by atoms with Crippen molar-refractivity contribution < 1.29 is 31.1 Å². The molecule has 1 unspecified atom stereocenters. The van der Waals surface area contributed by atoms with E-state index in [9.17, 15) is 26.4 Å². The monoisotopic (exact) mass is 484 g/mol. The number of likely N-dealkylation sites (tertiary alicyclic amines) is 1. The molecule has 0 bridgehead atoms. The van der Waals surface area contributed by atoms with Gasteiger partial charge >= 0.3 is 12.3 Å². The third-order valence-electron chi connectivity index (χ3n) is 5.60. The normalized spacial score (nSPS) is 20.3. The fourth-order valence-electron chi connectivity index (χ4n) is 3.98. The van der Waals surface area contributed by atoms with Crippen LogP contribution in [0.4, 0.5) is 18.0 Å². The van der Waals surface area contributed by atoms with E-state index in [0.29, 0.717) is 12.8 Å². The van der Waals surface area contributed by atoms with Crippen molar-refractivity contribution in [3.8, 4) is 11.1 Å². The number of amides is 1. The predicted molar refractivity (Wildman–Crippen MR) is 119 cm³/mol. The summed E-state index contributed by atoms with van der Waals surface area (Å²) in [6, 6.07) is 15.9. The second-order valence-corrected chi connectivity index (χ2v) is 10.0. The van der Waals surface area contributed by atoms with Gasteiger partial charge in [0, 0.05) is 12.6 Å². The Morgan fingerprint density at radius 2 is 1.82 bits per heavy atom. The number of piperidine rings is 1. The van der Waals surface area contributed by atoms with Crippen LogP contribution in [0.1, 0.15) is 25.3 Å². The van der Waals surface area contributed by atoms with Gasteiger partial charge in [-0.3, -0.25) is 0 Å². The van der Waals surface area contributed by atoms with E-state index in [-0.39, 0.29) is 13.0 Å². The number of sulfonamides is 1. The van der Waals surface area contributed by atoms with E-state index in [1.807, 2.05) is 54.6 Å². The number of halogens is 3. The number of benzene rings is 2. The molecule has 1 aliphatic rings. The summed E-state index contributed by atoms with van der Waals surface area (Å²) in [5, 5.41) is 0. The third kappa shape index (κ3) is 6.94. The fourth-order valence-corrected chi connectivity index (χ4v) is 4.81. The molecule has 1 aliphatic heterocycles. The van der Waals surface area contributed by atoms with Crippen LogP contribution in [-0.4, -0.2) is 56.6 Å². The number of ether oxygens (including phenoxy) is 1. The van der Waals surface area contributed by atoms with Crippen LogP contribution in [0.25, 0.3) is 11.1 Å². The van der Waals surface area contributed by atoms with Gasteiger partial charge in [0.2, 0.25) is 10.0 Å². The lowest BCUT2D eigenvalue weighted by atomic mass is 9.90. The van der Waals surface area contributed by atoms with E-state index < -0.39 is 40.5 Å². The van der Waals surface area contributed by atoms with E-state index in [2.05, 4.69) is 9.46 Å². The van der Waals surface area contributed by atoms with Crippen LogP contribution in [0.2, 0.25) is 0 Å². The molecule has 3 atom stereocenters. The zero-order valence-electron chi connectivity index (χ0n) is 18.4. The molecule has 0 aliphatic carbocycles. The van der Waals surface area contributed by atoms with Gasteiger partial charge < -0.3 is 9.64 Å². The molecule has 1 saturated heterocycles. The lowest BCUT2D eigenvalue weighted by Crippen LogP contribution is -2.58. The second-order valence-electron chi connectivity index (χ2n) is 8.24. The summed E-state index contributed by atoms with van der Waals surface area (Å²) in [6.07, 6.45) is -5.90. The molecule has 2 aromatic rings. The molecule has 0 saturated carbocycles. The van der Waals surface area contributed by atoms with Gasteiger partial charge in [0.05, 0.1) is 12.3 Å². The van der Waals surface area contributed by atoms with Crippen LogP contribution in [0.3, 0.4) is 0 Å². The summed E-state index contributed by atoms with van der Waals surface area (Å²) in [7, 11) is -3.60. The molecule has 180 valence electrons. The average molecular weight is 485 g/mol. The van der Waals surface area contributed by atoms with E-state index >= 15 is 0 Å². The number of rotatable bonds is 6. The Hall–Kier alpha value is -2.59. The second kappa shape index (κ2) is 10.1. The average Bonchev–Trinajstić information content (AvgIpc) is 2.74. The fraction of sp³-hybridized carbons (Fsp3) is 0.435. The van der Waals surface area contributed by atoms with Gasteiger partial charge in [0.25, 0.3) is 0 Å². The highest BCUT2D eigenvalue weighted by Gasteiger charge is 2.42. The first-order valence-electron chi connectivity index (χ1n) is 10.6. The van der Waals surface area contributed by atoms with E-state index in [1.165, 1.54) is 4.90 Å². The van der Waals surface area contributed by atoms with E-state index in [0.717, 1.165) is 29.9 Å². The van der Waals surface area contributed by atoms with Crippen molar-refractivity contribution in [2.75, 3.05) is 12.8 Å². The summed E-state index contributed by atoms with van der Waals surface area (Å²) in [4.78, 5) is 13.9. The highest BCUT2D eigenvalue weighted by atomic mass is 32.2. The molecular weight excluding hydrogens is 457 g/mol. The first kappa shape index (κ1) is 25.0. The number of carbonyl (C=O) groups excluding carboxylic acids is 1. The molecule has 1 heterocycles. The molecule has 0 aromatic heterocycles. The molecule has 1 amide bonds. The van der Waals surface area contributed by atoms with Crippen LogP contribution >= 0.6 is 0 Å². The van der Waals surface area contributed by atoms with Crippen molar-refractivity contribution >= 4 is 16.1 Å². The van der Waals surface area contributed by atoms with Crippen molar-refractivity contribution in [1.82, 2.24) is 9.62 Å². The molecular formula is C23H27F3N2O4S. The van der Waals surface area contributed by atoms with Crippen molar-refractivity contribution in [2.24, 2.45) is 0 Å². The third-order valence-corrected chi connectivity index (χ3v) is 6.33.